The molecule has 100 valence electrons. The smallest absolute Gasteiger partial charge is 0.238 e. The number of nitrogens with one attached hydrogen (secondary N) is 1. The van der Waals surface area contributed by atoms with Crippen LogP contribution in [0.1, 0.15) is 11.1 Å². The molecule has 4 heteroatoms. The normalized spacial score (nSPS) is 11.0. The molecular weight excluding hydrogens is 238 g/mol. The van der Waals surface area contributed by atoms with Crippen LogP contribution >= 0.6 is 0 Å². The quantitative estimate of drug-likeness (QED) is 0.918. The Morgan fingerprint density at radius 3 is 2.79 bits per heavy atom. The second-order valence-corrected chi connectivity index (χ2v) is 5.05. The number of benzene rings is 1. The summed E-state index contributed by atoms with van der Waals surface area (Å²) in [5.41, 5.74) is 4.06. The topological polar surface area (TPSA) is 45.2 Å². The van der Waals surface area contributed by atoms with E-state index in [2.05, 4.69) is 17.2 Å². The highest BCUT2D eigenvalue weighted by atomic mass is 16.2. The highest BCUT2D eigenvalue weighted by molar-refractivity contribution is 6.02. The monoisotopic (exact) mass is 257 g/mol. The number of fused-ring (bicyclic) bond motifs is 1. The predicted octanol–water partition coefficient (Wildman–Crippen LogP) is 2.35. The average molecular weight is 257 g/mol. The van der Waals surface area contributed by atoms with Gasteiger partial charge in [0.25, 0.3) is 0 Å². The molecule has 19 heavy (non-hydrogen) atoms. The molecule has 0 atom stereocenters. The van der Waals surface area contributed by atoms with Gasteiger partial charge in [-0.05, 0) is 57.3 Å². The van der Waals surface area contributed by atoms with Gasteiger partial charge in [-0.2, -0.15) is 0 Å². The lowest BCUT2D eigenvalue weighted by Crippen LogP contribution is -2.27. The minimum atomic E-state index is -0.0154. The third-order valence-electron chi connectivity index (χ3n) is 3.14. The third-order valence-corrected chi connectivity index (χ3v) is 3.14. The standard InChI is InChI=1S/C15H19N3O/c1-10-8-13(17-14(19)9-18(3)4)12-6-5-7-16-15(12)11(10)2/h5-8H,9H2,1-4H3,(H,17,19). The lowest BCUT2D eigenvalue weighted by atomic mass is 10.0. The van der Waals surface area contributed by atoms with Crippen molar-refractivity contribution in [1.29, 1.82) is 0 Å². The molecule has 0 saturated carbocycles. The number of carbonyl (C=O) groups is 1. The van der Waals surface area contributed by atoms with E-state index in [1.54, 1.807) is 6.20 Å². The van der Waals surface area contributed by atoms with E-state index < -0.39 is 0 Å². The van der Waals surface area contributed by atoms with E-state index in [0.29, 0.717) is 6.54 Å². The molecular formula is C15H19N3O. The second-order valence-electron chi connectivity index (χ2n) is 5.05. The number of anilines is 1. The maximum atomic E-state index is 11.9. The highest BCUT2D eigenvalue weighted by Gasteiger charge is 2.10. The van der Waals surface area contributed by atoms with Gasteiger partial charge in [-0.15, -0.1) is 0 Å². The highest BCUT2D eigenvalue weighted by Crippen LogP contribution is 2.27. The lowest BCUT2D eigenvalue weighted by molar-refractivity contribution is -0.116. The van der Waals surface area contributed by atoms with Gasteiger partial charge in [0.15, 0.2) is 0 Å². The number of carbonyl (C=O) groups excluding carboxylic acids is 1. The lowest BCUT2D eigenvalue weighted by Gasteiger charge is -2.14. The third kappa shape index (κ3) is 2.90. The van der Waals surface area contributed by atoms with E-state index in [4.69, 9.17) is 0 Å². The van der Waals surface area contributed by atoms with Gasteiger partial charge in [-0.1, -0.05) is 0 Å². The SMILES string of the molecule is Cc1cc(NC(=O)CN(C)C)c2cccnc2c1C. The Labute approximate surface area is 113 Å². The summed E-state index contributed by atoms with van der Waals surface area (Å²) in [5, 5.41) is 3.95. The Morgan fingerprint density at radius 2 is 2.11 bits per heavy atom. The zero-order valence-electron chi connectivity index (χ0n) is 11.8. The Morgan fingerprint density at radius 1 is 1.37 bits per heavy atom. The summed E-state index contributed by atoms with van der Waals surface area (Å²) in [7, 11) is 3.75. The maximum Gasteiger partial charge on any atom is 0.238 e. The Kier molecular flexibility index (Phi) is 3.81. The maximum absolute atomic E-state index is 11.9. The van der Waals surface area contributed by atoms with Crippen LogP contribution in [0.3, 0.4) is 0 Å². The van der Waals surface area contributed by atoms with E-state index in [9.17, 15) is 4.79 Å². The Bertz CT molecular complexity index is 620. The van der Waals surface area contributed by atoms with Gasteiger partial charge >= 0.3 is 0 Å². The van der Waals surface area contributed by atoms with Crippen molar-refractivity contribution in [3.63, 3.8) is 0 Å². The minimum absolute atomic E-state index is 0.0154. The van der Waals surface area contributed by atoms with Crippen molar-refractivity contribution >= 4 is 22.5 Å². The molecule has 1 aromatic carbocycles. The number of hydrogen-bond donors (Lipinski definition) is 1. The fourth-order valence-corrected chi connectivity index (χ4v) is 2.09. The first-order valence-electron chi connectivity index (χ1n) is 6.28. The van der Waals surface area contributed by atoms with Crippen LogP contribution in [-0.2, 0) is 4.79 Å². The first-order chi connectivity index (χ1) is 8.99. The first kappa shape index (κ1) is 13.5. The number of amides is 1. The van der Waals surface area contributed by atoms with E-state index in [0.717, 1.165) is 27.7 Å². The molecule has 0 unspecified atom stereocenters. The summed E-state index contributed by atoms with van der Waals surface area (Å²) in [5.74, 6) is -0.0154. The summed E-state index contributed by atoms with van der Waals surface area (Å²) in [6, 6.07) is 5.88. The van der Waals surface area contributed by atoms with E-state index in [1.165, 1.54) is 0 Å². The van der Waals surface area contributed by atoms with Crippen molar-refractivity contribution in [3.8, 4) is 0 Å². The van der Waals surface area contributed by atoms with Crippen LogP contribution in [0.25, 0.3) is 10.9 Å². The van der Waals surface area contributed by atoms with Crippen molar-refractivity contribution in [2.45, 2.75) is 13.8 Å². The fourth-order valence-electron chi connectivity index (χ4n) is 2.09. The number of likely N-dealkylation sites (N-methyl/N-ethyl adjacent to an activating group) is 1. The van der Waals surface area contributed by atoms with Crippen LogP contribution in [0.15, 0.2) is 24.4 Å². The van der Waals surface area contributed by atoms with Crippen molar-refractivity contribution in [2.24, 2.45) is 0 Å². The minimum Gasteiger partial charge on any atom is -0.324 e. The summed E-state index contributed by atoms with van der Waals surface area (Å²) < 4.78 is 0. The van der Waals surface area contributed by atoms with E-state index in [-0.39, 0.29) is 5.91 Å². The van der Waals surface area contributed by atoms with Crippen molar-refractivity contribution in [1.82, 2.24) is 9.88 Å². The molecule has 2 aromatic rings. The van der Waals surface area contributed by atoms with Crippen molar-refractivity contribution in [3.05, 3.63) is 35.5 Å². The number of nitrogens with zero attached hydrogens (tertiary/aromatic N) is 2. The van der Waals surface area contributed by atoms with Gasteiger partial charge in [0.2, 0.25) is 5.91 Å². The molecule has 0 saturated heterocycles. The molecule has 1 aromatic heterocycles. The molecule has 4 nitrogen and oxygen atoms in total. The van der Waals surface area contributed by atoms with Crippen LogP contribution in [0.2, 0.25) is 0 Å². The average Bonchev–Trinajstić information content (AvgIpc) is 2.34. The molecule has 2 rings (SSSR count). The largest absolute Gasteiger partial charge is 0.324 e. The van der Waals surface area contributed by atoms with Crippen molar-refractivity contribution in [2.75, 3.05) is 26.0 Å². The van der Waals surface area contributed by atoms with Crippen LogP contribution in [0, 0.1) is 13.8 Å². The van der Waals surface area contributed by atoms with Gasteiger partial charge in [-0.3, -0.25) is 9.78 Å². The molecule has 0 aliphatic rings. The van der Waals surface area contributed by atoms with E-state index in [1.807, 2.05) is 44.1 Å². The summed E-state index contributed by atoms with van der Waals surface area (Å²) in [6.45, 7) is 4.45. The summed E-state index contributed by atoms with van der Waals surface area (Å²) in [6.07, 6.45) is 1.78. The molecule has 0 aliphatic heterocycles. The number of pyridine rings is 1. The Balaban J connectivity index is 2.43. The fraction of sp³-hybridized carbons (Fsp3) is 0.333. The number of hydrogen-bond acceptors (Lipinski definition) is 3. The summed E-state index contributed by atoms with van der Waals surface area (Å²) >= 11 is 0. The van der Waals surface area contributed by atoms with Crippen molar-refractivity contribution < 1.29 is 4.79 Å². The van der Waals surface area contributed by atoms with Gasteiger partial charge in [0.05, 0.1) is 17.7 Å². The number of aromatic nitrogens is 1. The van der Waals surface area contributed by atoms with Crippen LogP contribution < -0.4 is 5.32 Å². The molecule has 1 amide bonds. The molecule has 0 bridgehead atoms. The molecule has 0 fully saturated rings. The van der Waals surface area contributed by atoms with Gasteiger partial charge in [-0.25, -0.2) is 0 Å². The second kappa shape index (κ2) is 5.36. The zero-order valence-corrected chi connectivity index (χ0v) is 11.8. The van der Waals surface area contributed by atoms with Gasteiger partial charge < -0.3 is 10.2 Å². The number of rotatable bonds is 3. The van der Waals surface area contributed by atoms with Crippen LogP contribution in [0.5, 0.6) is 0 Å². The van der Waals surface area contributed by atoms with Gasteiger partial charge in [0, 0.05) is 11.6 Å². The van der Waals surface area contributed by atoms with Crippen LogP contribution in [-0.4, -0.2) is 36.4 Å². The van der Waals surface area contributed by atoms with E-state index >= 15 is 0 Å². The van der Waals surface area contributed by atoms with Crippen LogP contribution in [0.4, 0.5) is 5.69 Å². The molecule has 0 spiro atoms. The zero-order chi connectivity index (χ0) is 14.0. The molecule has 0 aliphatic carbocycles. The summed E-state index contributed by atoms with van der Waals surface area (Å²) in [4.78, 5) is 18.1. The molecule has 0 radical (unpaired) electrons. The molecule has 1 N–H and O–H groups in total. The van der Waals surface area contributed by atoms with Gasteiger partial charge in [0.1, 0.15) is 0 Å². The Hall–Kier alpha value is -1.94. The number of aryl methyl sites for hydroxylation is 2. The predicted molar refractivity (Wildman–Crippen MR) is 78.4 cm³/mol. The first-order valence-corrected chi connectivity index (χ1v) is 6.28. The molecule has 1 heterocycles.